The van der Waals surface area contributed by atoms with Gasteiger partial charge in [-0.1, -0.05) is 24.3 Å². The van der Waals surface area contributed by atoms with E-state index in [0.29, 0.717) is 42.2 Å². The highest BCUT2D eigenvalue weighted by molar-refractivity contribution is 5.66. The molecule has 38 heavy (non-hydrogen) atoms. The van der Waals surface area contributed by atoms with Gasteiger partial charge in [0.1, 0.15) is 0 Å². The number of aliphatic hydroxyl groups excluding tert-OH is 1. The molecule has 2 bridgehead atoms. The molecule has 1 atom stereocenters. The van der Waals surface area contributed by atoms with Crippen molar-refractivity contribution in [3.63, 3.8) is 0 Å². The molecular formula is C29H33N7O2. The molecule has 0 radical (unpaired) electrons. The highest BCUT2D eigenvalue weighted by atomic mass is 16.5. The fourth-order valence-electron chi connectivity index (χ4n) is 5.96. The molecule has 1 unspecified atom stereocenters. The lowest BCUT2D eigenvalue weighted by atomic mass is 9.90. The lowest BCUT2D eigenvalue weighted by molar-refractivity contribution is 0.0245. The number of ether oxygens (including phenoxy) is 1. The highest BCUT2D eigenvalue weighted by Gasteiger charge is 2.50. The Balaban J connectivity index is 1.23. The molecule has 1 aromatic carbocycles. The van der Waals surface area contributed by atoms with Crippen LogP contribution in [0.15, 0.2) is 54.7 Å². The monoisotopic (exact) mass is 511 g/mol. The van der Waals surface area contributed by atoms with Crippen LogP contribution in [0.5, 0.6) is 5.88 Å². The van der Waals surface area contributed by atoms with Gasteiger partial charge in [-0.05, 0) is 74.9 Å². The van der Waals surface area contributed by atoms with Gasteiger partial charge in [0.2, 0.25) is 11.8 Å². The van der Waals surface area contributed by atoms with Crippen molar-refractivity contribution in [1.82, 2.24) is 24.9 Å². The first kappa shape index (κ1) is 23.6. The molecule has 5 heterocycles. The van der Waals surface area contributed by atoms with Crippen molar-refractivity contribution in [3.05, 3.63) is 71.4 Å². The van der Waals surface area contributed by atoms with E-state index in [9.17, 15) is 5.11 Å². The third-order valence-corrected chi connectivity index (χ3v) is 8.25. The summed E-state index contributed by atoms with van der Waals surface area (Å²) in [6.07, 6.45) is 11.6. The van der Waals surface area contributed by atoms with Crippen molar-refractivity contribution < 1.29 is 9.84 Å². The van der Waals surface area contributed by atoms with Crippen molar-refractivity contribution in [2.45, 2.75) is 50.3 Å². The lowest BCUT2D eigenvalue weighted by Gasteiger charge is -2.35. The molecule has 0 amide bonds. The zero-order valence-electron chi connectivity index (χ0n) is 21.7. The van der Waals surface area contributed by atoms with Crippen LogP contribution in [0.2, 0.25) is 0 Å². The minimum Gasteiger partial charge on any atom is -0.478 e. The number of aromatic nitrogens is 3. The molecule has 1 saturated carbocycles. The quantitative estimate of drug-likeness (QED) is 0.480. The minimum atomic E-state index is -0.880. The molecule has 2 aromatic heterocycles. The summed E-state index contributed by atoms with van der Waals surface area (Å²) in [6.45, 7) is 2.26. The van der Waals surface area contributed by atoms with E-state index in [2.05, 4.69) is 52.6 Å². The molecule has 7 rings (SSSR count). The minimum absolute atomic E-state index is 0.194. The Morgan fingerprint density at radius 3 is 2.92 bits per heavy atom. The van der Waals surface area contributed by atoms with Gasteiger partial charge >= 0.3 is 0 Å². The smallest absolute Gasteiger partial charge is 0.229 e. The van der Waals surface area contributed by atoms with Gasteiger partial charge in [-0.15, -0.1) is 0 Å². The lowest BCUT2D eigenvalue weighted by Crippen LogP contribution is -2.38. The van der Waals surface area contributed by atoms with Crippen LogP contribution in [0.1, 0.15) is 55.0 Å². The maximum absolute atomic E-state index is 11.3. The molecule has 3 aromatic rings. The Hall–Kier alpha value is -3.53. The number of fused-ring (bicyclic) bond motifs is 8. The van der Waals surface area contributed by atoms with E-state index < -0.39 is 6.23 Å². The second-order valence-electron chi connectivity index (χ2n) is 10.6. The summed E-state index contributed by atoms with van der Waals surface area (Å²) in [5.41, 5.74) is 4.68. The first-order valence-electron chi connectivity index (χ1n) is 13.6. The number of hydrazine groups is 1. The van der Waals surface area contributed by atoms with Crippen LogP contribution in [0, 0.1) is 0 Å². The number of nitrogens with zero attached hydrogens (tertiary/aromatic N) is 6. The summed E-state index contributed by atoms with van der Waals surface area (Å²) in [6, 6.07) is 12.3. The maximum atomic E-state index is 11.3. The number of allylic oxidation sites excluding steroid dienone is 1. The molecule has 3 aliphatic heterocycles. The number of likely N-dealkylation sites (N-methyl/N-ethyl adjacent to an activating group) is 1. The predicted octanol–water partition coefficient (Wildman–Crippen LogP) is 4.57. The summed E-state index contributed by atoms with van der Waals surface area (Å²) in [7, 11) is 2.24. The third-order valence-electron chi connectivity index (χ3n) is 8.25. The fourth-order valence-corrected chi connectivity index (χ4v) is 5.96. The van der Waals surface area contributed by atoms with Crippen LogP contribution in [0.25, 0.3) is 0 Å². The fraction of sp³-hybridized carbons (Fsp3) is 0.414. The van der Waals surface area contributed by atoms with Crippen LogP contribution >= 0.6 is 0 Å². The summed E-state index contributed by atoms with van der Waals surface area (Å²) in [5.74, 6) is 2.31. The number of benzene rings is 1. The Morgan fingerprint density at radius 2 is 2.03 bits per heavy atom. The van der Waals surface area contributed by atoms with Crippen molar-refractivity contribution in [2.24, 2.45) is 0 Å². The number of nitrogens with one attached hydrogen (secondary N) is 1. The standard InChI is InChI=1S/C29H33N7O2/c1-34-16-12-20-10-11-21(18-23(20)29(34)13-14-29)31-28-30-19-22-26(33-28)36-24-8-7-9-25(32-24)38-17-6-4-2-3-5-15-35(36)27(22)37/h3,5,7-11,18-19,27,37H,2,4,6,12-17H2,1H3,(H,30,31,33)/b5-3+. The predicted molar refractivity (Wildman–Crippen MR) is 146 cm³/mol. The first-order chi connectivity index (χ1) is 18.6. The molecule has 0 saturated heterocycles. The molecule has 9 heteroatoms. The van der Waals surface area contributed by atoms with E-state index in [1.54, 1.807) is 6.20 Å². The summed E-state index contributed by atoms with van der Waals surface area (Å²) in [5, 5.41) is 18.4. The number of pyridine rings is 1. The van der Waals surface area contributed by atoms with Gasteiger partial charge in [0.15, 0.2) is 17.9 Å². The van der Waals surface area contributed by atoms with Crippen molar-refractivity contribution in [2.75, 3.05) is 37.1 Å². The van der Waals surface area contributed by atoms with E-state index >= 15 is 0 Å². The van der Waals surface area contributed by atoms with E-state index in [1.807, 2.05) is 28.2 Å². The maximum Gasteiger partial charge on any atom is 0.229 e. The van der Waals surface area contributed by atoms with E-state index in [4.69, 9.17) is 14.7 Å². The van der Waals surface area contributed by atoms with Crippen LogP contribution < -0.4 is 15.1 Å². The number of aliphatic hydroxyl groups is 1. The second kappa shape index (κ2) is 9.34. The van der Waals surface area contributed by atoms with Crippen molar-refractivity contribution >= 4 is 23.3 Å². The van der Waals surface area contributed by atoms with E-state index in [1.165, 1.54) is 24.0 Å². The molecule has 2 N–H and O–H groups in total. The van der Waals surface area contributed by atoms with Crippen LogP contribution in [0.4, 0.5) is 23.3 Å². The van der Waals surface area contributed by atoms with E-state index in [-0.39, 0.29) is 5.54 Å². The molecule has 1 aliphatic carbocycles. The summed E-state index contributed by atoms with van der Waals surface area (Å²) < 4.78 is 5.91. The van der Waals surface area contributed by atoms with Gasteiger partial charge < -0.3 is 15.2 Å². The van der Waals surface area contributed by atoms with Crippen LogP contribution in [-0.4, -0.2) is 56.7 Å². The largest absolute Gasteiger partial charge is 0.478 e. The zero-order valence-corrected chi connectivity index (χ0v) is 21.7. The highest BCUT2D eigenvalue weighted by Crippen LogP contribution is 2.54. The van der Waals surface area contributed by atoms with Gasteiger partial charge in [0.25, 0.3) is 0 Å². The Morgan fingerprint density at radius 1 is 1.11 bits per heavy atom. The number of rotatable bonds is 2. The average Bonchev–Trinajstić information content (AvgIpc) is 3.68. The third kappa shape index (κ3) is 4.02. The van der Waals surface area contributed by atoms with Gasteiger partial charge in [0, 0.05) is 36.6 Å². The zero-order chi connectivity index (χ0) is 25.7. The number of anilines is 4. The van der Waals surface area contributed by atoms with Gasteiger partial charge in [-0.25, -0.2) is 9.99 Å². The average molecular weight is 512 g/mol. The Kier molecular flexibility index (Phi) is 5.79. The normalized spacial score (nSPS) is 23.2. The van der Waals surface area contributed by atoms with Crippen LogP contribution in [0.3, 0.4) is 0 Å². The molecule has 4 aliphatic rings. The number of hydrogen-bond donors (Lipinski definition) is 2. The topological polar surface area (TPSA) is 89.9 Å². The van der Waals surface area contributed by atoms with Gasteiger partial charge in [-0.3, -0.25) is 4.90 Å². The second-order valence-corrected chi connectivity index (χ2v) is 10.6. The van der Waals surface area contributed by atoms with Gasteiger partial charge in [-0.2, -0.15) is 15.0 Å². The van der Waals surface area contributed by atoms with Crippen molar-refractivity contribution in [3.8, 4) is 5.88 Å². The summed E-state index contributed by atoms with van der Waals surface area (Å²) >= 11 is 0. The van der Waals surface area contributed by atoms with Crippen molar-refractivity contribution in [1.29, 1.82) is 0 Å². The molecule has 9 nitrogen and oxygen atoms in total. The molecule has 196 valence electrons. The molecule has 1 fully saturated rings. The Labute approximate surface area is 222 Å². The molecular weight excluding hydrogens is 478 g/mol. The van der Waals surface area contributed by atoms with Crippen LogP contribution in [-0.2, 0) is 12.0 Å². The Bertz CT molecular complexity index is 1390. The van der Waals surface area contributed by atoms with E-state index in [0.717, 1.165) is 37.9 Å². The molecule has 1 spiro atoms. The SMILES string of the molecule is CN1CCc2ccc(Nc3ncc4c(n3)N3c5cccc(n5)OCCCC/C=C/CN3C4O)cc2C12CC2. The van der Waals surface area contributed by atoms with Gasteiger partial charge in [0.05, 0.1) is 12.2 Å². The summed E-state index contributed by atoms with van der Waals surface area (Å²) in [4.78, 5) is 16.7. The number of hydrogen-bond acceptors (Lipinski definition) is 9. The first-order valence-corrected chi connectivity index (χ1v) is 13.6.